The standard InChI is InChI=1S/C12H18BrNOS/c1-7(8-4-5-11(13)16-8)14-9-6-10(15)12(9,2)3/h4-5,7,9-10,14-15H,6H2,1-3H3. The van der Waals surface area contributed by atoms with E-state index in [0.717, 1.165) is 6.42 Å². The fraction of sp³-hybridized carbons (Fsp3) is 0.667. The van der Waals surface area contributed by atoms with Gasteiger partial charge in [0.25, 0.3) is 0 Å². The molecular weight excluding hydrogens is 286 g/mol. The van der Waals surface area contributed by atoms with Gasteiger partial charge in [0, 0.05) is 22.4 Å². The maximum absolute atomic E-state index is 9.69. The highest BCUT2D eigenvalue weighted by Gasteiger charge is 2.47. The molecule has 1 aliphatic rings. The molecule has 0 aliphatic heterocycles. The minimum absolute atomic E-state index is 0.00273. The van der Waals surface area contributed by atoms with Gasteiger partial charge in [0.1, 0.15) is 0 Å². The molecular formula is C12H18BrNOS. The number of thiophene rings is 1. The second-order valence-electron chi connectivity index (χ2n) is 5.16. The van der Waals surface area contributed by atoms with Crippen molar-refractivity contribution in [1.29, 1.82) is 0 Å². The number of nitrogens with one attached hydrogen (secondary N) is 1. The van der Waals surface area contributed by atoms with Crippen LogP contribution in [0, 0.1) is 5.41 Å². The number of hydrogen-bond donors (Lipinski definition) is 2. The Hall–Kier alpha value is 0.1000. The van der Waals surface area contributed by atoms with Gasteiger partial charge in [-0.1, -0.05) is 13.8 Å². The second kappa shape index (κ2) is 4.41. The molecule has 0 amide bonds. The Morgan fingerprint density at radius 3 is 2.69 bits per heavy atom. The first kappa shape index (κ1) is 12.6. The van der Waals surface area contributed by atoms with E-state index in [1.54, 1.807) is 11.3 Å². The van der Waals surface area contributed by atoms with Crippen LogP contribution in [-0.2, 0) is 0 Å². The highest BCUT2D eigenvalue weighted by Crippen LogP contribution is 2.42. The molecule has 90 valence electrons. The van der Waals surface area contributed by atoms with E-state index in [9.17, 15) is 5.11 Å². The summed E-state index contributed by atoms with van der Waals surface area (Å²) in [6, 6.07) is 5.00. The molecule has 1 saturated carbocycles. The van der Waals surface area contributed by atoms with Gasteiger partial charge in [0.15, 0.2) is 0 Å². The SMILES string of the molecule is CC(NC1CC(O)C1(C)C)c1ccc(Br)s1. The van der Waals surface area contributed by atoms with E-state index in [1.807, 2.05) is 0 Å². The topological polar surface area (TPSA) is 32.3 Å². The zero-order valence-electron chi connectivity index (χ0n) is 9.83. The monoisotopic (exact) mass is 303 g/mol. The van der Waals surface area contributed by atoms with Crippen LogP contribution >= 0.6 is 27.3 Å². The molecule has 3 unspecified atom stereocenters. The quantitative estimate of drug-likeness (QED) is 0.898. The third-order valence-electron chi connectivity index (χ3n) is 3.69. The van der Waals surface area contributed by atoms with Crippen molar-refractivity contribution >= 4 is 27.3 Å². The molecule has 2 nitrogen and oxygen atoms in total. The van der Waals surface area contributed by atoms with Crippen LogP contribution in [0.15, 0.2) is 15.9 Å². The molecule has 0 spiro atoms. The minimum Gasteiger partial charge on any atom is -0.392 e. The Morgan fingerprint density at radius 1 is 1.56 bits per heavy atom. The van der Waals surface area contributed by atoms with E-state index in [-0.39, 0.29) is 11.5 Å². The Morgan fingerprint density at radius 2 is 2.25 bits per heavy atom. The maximum Gasteiger partial charge on any atom is 0.0701 e. The van der Waals surface area contributed by atoms with E-state index in [2.05, 4.69) is 54.2 Å². The van der Waals surface area contributed by atoms with E-state index >= 15 is 0 Å². The largest absolute Gasteiger partial charge is 0.392 e. The Kier molecular flexibility index (Phi) is 3.46. The highest BCUT2D eigenvalue weighted by molar-refractivity contribution is 9.11. The molecule has 0 radical (unpaired) electrons. The summed E-state index contributed by atoms with van der Waals surface area (Å²) in [4.78, 5) is 1.34. The van der Waals surface area contributed by atoms with E-state index in [4.69, 9.17) is 0 Å². The predicted molar refractivity (Wildman–Crippen MR) is 71.8 cm³/mol. The van der Waals surface area contributed by atoms with Gasteiger partial charge in [0.05, 0.1) is 9.89 Å². The Labute approximate surface area is 109 Å². The van der Waals surface area contributed by atoms with Crippen molar-refractivity contribution in [2.45, 2.75) is 45.4 Å². The third-order valence-corrected chi connectivity index (χ3v) is 5.49. The lowest BCUT2D eigenvalue weighted by Crippen LogP contribution is -2.60. The predicted octanol–water partition coefficient (Wildman–Crippen LogP) is 3.32. The molecule has 2 rings (SSSR count). The zero-order valence-corrected chi connectivity index (χ0v) is 12.2. The smallest absolute Gasteiger partial charge is 0.0701 e. The van der Waals surface area contributed by atoms with Gasteiger partial charge in [-0.15, -0.1) is 11.3 Å². The molecule has 4 heteroatoms. The molecule has 1 heterocycles. The van der Waals surface area contributed by atoms with E-state index in [1.165, 1.54) is 8.66 Å². The van der Waals surface area contributed by atoms with Gasteiger partial charge in [-0.2, -0.15) is 0 Å². The summed E-state index contributed by atoms with van der Waals surface area (Å²) in [6.45, 7) is 6.42. The van der Waals surface area contributed by atoms with Crippen molar-refractivity contribution in [3.05, 3.63) is 20.8 Å². The average Bonchev–Trinajstić information content (AvgIpc) is 2.64. The molecule has 0 bridgehead atoms. The number of aliphatic hydroxyl groups excluding tert-OH is 1. The summed E-state index contributed by atoms with van der Waals surface area (Å²) >= 11 is 5.25. The summed E-state index contributed by atoms with van der Waals surface area (Å²) < 4.78 is 1.17. The van der Waals surface area contributed by atoms with Crippen LogP contribution in [0.4, 0.5) is 0 Å². The van der Waals surface area contributed by atoms with Gasteiger partial charge in [-0.25, -0.2) is 0 Å². The van der Waals surface area contributed by atoms with Crippen molar-refractivity contribution in [1.82, 2.24) is 5.32 Å². The first-order valence-electron chi connectivity index (χ1n) is 5.60. The van der Waals surface area contributed by atoms with Gasteiger partial charge < -0.3 is 10.4 Å². The number of aliphatic hydroxyl groups is 1. The lowest BCUT2D eigenvalue weighted by molar-refractivity contribution is -0.0753. The summed E-state index contributed by atoms with van der Waals surface area (Å²) in [5.41, 5.74) is 0.00273. The number of rotatable bonds is 3. The summed E-state index contributed by atoms with van der Waals surface area (Å²) in [5.74, 6) is 0. The zero-order chi connectivity index (χ0) is 11.9. The third kappa shape index (κ3) is 2.21. The number of halogens is 1. The van der Waals surface area contributed by atoms with Crippen LogP contribution in [0.1, 0.15) is 38.1 Å². The molecule has 1 aromatic heterocycles. The van der Waals surface area contributed by atoms with Crippen molar-refractivity contribution in [2.75, 3.05) is 0 Å². The highest BCUT2D eigenvalue weighted by atomic mass is 79.9. The van der Waals surface area contributed by atoms with Crippen molar-refractivity contribution in [3.63, 3.8) is 0 Å². The molecule has 3 atom stereocenters. The van der Waals surface area contributed by atoms with Gasteiger partial charge in [-0.05, 0) is 41.4 Å². The molecule has 0 aromatic carbocycles. The first-order chi connectivity index (χ1) is 7.41. The normalized spacial score (nSPS) is 29.8. The fourth-order valence-corrected chi connectivity index (χ4v) is 3.57. The fourth-order valence-electron chi connectivity index (χ4n) is 2.13. The van der Waals surface area contributed by atoms with E-state index in [0.29, 0.717) is 12.1 Å². The van der Waals surface area contributed by atoms with Gasteiger partial charge in [0.2, 0.25) is 0 Å². The maximum atomic E-state index is 9.69. The minimum atomic E-state index is -0.160. The van der Waals surface area contributed by atoms with Crippen LogP contribution < -0.4 is 5.32 Å². The summed E-state index contributed by atoms with van der Waals surface area (Å²) in [5, 5.41) is 13.3. The molecule has 1 aliphatic carbocycles. The average molecular weight is 304 g/mol. The molecule has 1 aromatic rings. The molecule has 1 fully saturated rings. The molecule has 2 N–H and O–H groups in total. The Bertz CT molecular complexity index is 377. The van der Waals surface area contributed by atoms with Crippen LogP contribution in [-0.4, -0.2) is 17.3 Å². The van der Waals surface area contributed by atoms with Crippen LogP contribution in [0.2, 0.25) is 0 Å². The van der Waals surface area contributed by atoms with Crippen molar-refractivity contribution in [2.24, 2.45) is 5.41 Å². The van der Waals surface area contributed by atoms with Crippen LogP contribution in [0.3, 0.4) is 0 Å². The number of hydrogen-bond acceptors (Lipinski definition) is 3. The van der Waals surface area contributed by atoms with E-state index < -0.39 is 0 Å². The Balaban J connectivity index is 1.96. The van der Waals surface area contributed by atoms with Crippen LogP contribution in [0.25, 0.3) is 0 Å². The second-order valence-corrected chi connectivity index (χ2v) is 7.65. The van der Waals surface area contributed by atoms with Gasteiger partial charge in [-0.3, -0.25) is 0 Å². The van der Waals surface area contributed by atoms with Crippen LogP contribution in [0.5, 0.6) is 0 Å². The lowest BCUT2D eigenvalue weighted by Gasteiger charge is -2.50. The van der Waals surface area contributed by atoms with Gasteiger partial charge >= 0.3 is 0 Å². The first-order valence-corrected chi connectivity index (χ1v) is 7.21. The van der Waals surface area contributed by atoms with Crippen molar-refractivity contribution in [3.8, 4) is 0 Å². The summed E-state index contributed by atoms with van der Waals surface area (Å²) in [7, 11) is 0. The molecule has 0 saturated heterocycles. The molecule has 16 heavy (non-hydrogen) atoms. The summed E-state index contributed by atoms with van der Waals surface area (Å²) in [6.07, 6.45) is 0.705. The lowest BCUT2D eigenvalue weighted by atomic mass is 9.64. The van der Waals surface area contributed by atoms with Crippen molar-refractivity contribution < 1.29 is 5.11 Å².